The minimum absolute atomic E-state index is 0.118. The lowest BCUT2D eigenvalue weighted by Gasteiger charge is -2.19. The second-order valence-corrected chi connectivity index (χ2v) is 6.77. The van der Waals surface area contributed by atoms with E-state index >= 15 is 0 Å². The molecule has 0 bridgehead atoms. The second kappa shape index (κ2) is 8.73. The molecule has 8 heteroatoms. The number of amides is 2. The zero-order chi connectivity index (χ0) is 17.5. The Morgan fingerprint density at radius 3 is 2.39 bits per heavy atom. The summed E-state index contributed by atoms with van der Waals surface area (Å²) >= 11 is 0. The van der Waals surface area contributed by atoms with Gasteiger partial charge in [0.15, 0.2) is 0 Å². The van der Waals surface area contributed by atoms with Crippen molar-refractivity contribution < 1.29 is 17.9 Å². The topological polar surface area (TPSA) is 87.7 Å². The number of hydrogen-bond donors (Lipinski definition) is 2. The molecule has 0 unspecified atom stereocenters. The number of carbonyl (C=O) groups is 1. The average Bonchev–Trinajstić information content (AvgIpc) is 2.53. The minimum Gasteiger partial charge on any atom is -0.495 e. The summed E-state index contributed by atoms with van der Waals surface area (Å²) < 4.78 is 31.7. The summed E-state index contributed by atoms with van der Waals surface area (Å²) in [5, 5.41) is 5.30. The Morgan fingerprint density at radius 1 is 1.22 bits per heavy atom. The van der Waals surface area contributed by atoms with Crippen molar-refractivity contribution in [3.63, 3.8) is 0 Å². The van der Waals surface area contributed by atoms with Gasteiger partial charge in [0.1, 0.15) is 5.75 Å². The van der Waals surface area contributed by atoms with Gasteiger partial charge in [-0.1, -0.05) is 20.8 Å². The average molecular weight is 343 g/mol. The van der Waals surface area contributed by atoms with Crippen LogP contribution in [0, 0.1) is 0 Å². The summed E-state index contributed by atoms with van der Waals surface area (Å²) in [6.45, 7) is 6.79. The van der Waals surface area contributed by atoms with Crippen molar-refractivity contribution in [2.75, 3.05) is 32.1 Å². The lowest BCUT2D eigenvalue weighted by Crippen LogP contribution is -2.31. The van der Waals surface area contributed by atoms with Crippen LogP contribution >= 0.6 is 0 Å². The summed E-state index contributed by atoms with van der Waals surface area (Å²) in [6.07, 6.45) is 0.806. The van der Waals surface area contributed by atoms with E-state index in [-0.39, 0.29) is 4.90 Å². The number of anilines is 1. The van der Waals surface area contributed by atoms with Gasteiger partial charge in [0.2, 0.25) is 10.0 Å². The van der Waals surface area contributed by atoms with E-state index < -0.39 is 16.1 Å². The van der Waals surface area contributed by atoms with Gasteiger partial charge in [-0.2, -0.15) is 4.31 Å². The van der Waals surface area contributed by atoms with Gasteiger partial charge in [0.25, 0.3) is 0 Å². The van der Waals surface area contributed by atoms with Crippen LogP contribution in [0.5, 0.6) is 5.75 Å². The highest BCUT2D eigenvalue weighted by Crippen LogP contribution is 2.28. The molecule has 0 radical (unpaired) electrons. The molecule has 0 saturated carbocycles. The van der Waals surface area contributed by atoms with Crippen LogP contribution in [0.3, 0.4) is 0 Å². The second-order valence-electron chi connectivity index (χ2n) is 4.83. The normalized spacial score (nSPS) is 11.3. The molecule has 7 nitrogen and oxygen atoms in total. The van der Waals surface area contributed by atoms with E-state index in [1.165, 1.54) is 29.6 Å². The molecule has 0 spiro atoms. The first kappa shape index (κ1) is 19.2. The number of methoxy groups -OCH3 is 1. The third kappa shape index (κ3) is 4.84. The molecule has 1 rings (SSSR count). The summed E-state index contributed by atoms with van der Waals surface area (Å²) in [5.41, 5.74) is 0.314. The Bertz CT molecular complexity index is 628. The Labute approximate surface area is 138 Å². The molecular formula is C15H25N3O4S. The maximum atomic E-state index is 12.6. The van der Waals surface area contributed by atoms with Crippen molar-refractivity contribution in [1.29, 1.82) is 0 Å². The third-order valence-corrected chi connectivity index (χ3v) is 5.34. The zero-order valence-electron chi connectivity index (χ0n) is 14.0. The number of hydrogen-bond acceptors (Lipinski definition) is 4. The van der Waals surface area contributed by atoms with E-state index in [9.17, 15) is 13.2 Å². The van der Waals surface area contributed by atoms with Gasteiger partial charge < -0.3 is 15.4 Å². The highest BCUT2D eigenvalue weighted by molar-refractivity contribution is 7.89. The molecular weight excluding hydrogens is 318 g/mol. The van der Waals surface area contributed by atoms with Crippen LogP contribution in [0.25, 0.3) is 0 Å². The number of nitrogens with zero attached hydrogens (tertiary/aromatic N) is 1. The van der Waals surface area contributed by atoms with Gasteiger partial charge in [-0.25, -0.2) is 13.2 Å². The Morgan fingerprint density at radius 2 is 1.87 bits per heavy atom. The number of sulfonamides is 1. The number of urea groups is 1. The largest absolute Gasteiger partial charge is 0.495 e. The van der Waals surface area contributed by atoms with Crippen LogP contribution in [0.4, 0.5) is 10.5 Å². The van der Waals surface area contributed by atoms with Crippen molar-refractivity contribution in [2.45, 2.75) is 32.1 Å². The van der Waals surface area contributed by atoms with Gasteiger partial charge >= 0.3 is 6.03 Å². The van der Waals surface area contributed by atoms with Crippen LogP contribution in [-0.4, -0.2) is 45.5 Å². The van der Waals surface area contributed by atoms with Crippen LogP contribution in [0.2, 0.25) is 0 Å². The first-order valence-electron chi connectivity index (χ1n) is 7.63. The first-order valence-corrected chi connectivity index (χ1v) is 9.07. The predicted octanol–water partition coefficient (Wildman–Crippen LogP) is 2.26. The molecule has 23 heavy (non-hydrogen) atoms. The van der Waals surface area contributed by atoms with Gasteiger partial charge in [-0.05, 0) is 24.6 Å². The molecule has 0 aliphatic carbocycles. The van der Waals surface area contributed by atoms with Gasteiger partial charge in [0, 0.05) is 19.6 Å². The molecule has 0 saturated heterocycles. The van der Waals surface area contributed by atoms with Crippen LogP contribution in [0.1, 0.15) is 27.2 Å². The minimum atomic E-state index is -3.60. The highest BCUT2D eigenvalue weighted by atomic mass is 32.2. The van der Waals surface area contributed by atoms with E-state index in [0.29, 0.717) is 31.1 Å². The molecule has 1 aromatic carbocycles. The molecule has 2 N–H and O–H groups in total. The number of nitrogens with one attached hydrogen (secondary N) is 2. The molecule has 130 valence electrons. The Balaban J connectivity index is 3.14. The van der Waals surface area contributed by atoms with Crippen LogP contribution in [0.15, 0.2) is 23.1 Å². The number of ether oxygens (including phenoxy) is 1. The Kier molecular flexibility index (Phi) is 7.31. The van der Waals surface area contributed by atoms with E-state index in [1.54, 1.807) is 13.8 Å². The fourth-order valence-electron chi connectivity index (χ4n) is 2.06. The fourth-order valence-corrected chi connectivity index (χ4v) is 3.55. The monoisotopic (exact) mass is 343 g/mol. The summed E-state index contributed by atoms with van der Waals surface area (Å²) in [7, 11) is -2.13. The van der Waals surface area contributed by atoms with Gasteiger partial charge in [0.05, 0.1) is 17.7 Å². The van der Waals surface area contributed by atoms with Gasteiger partial charge in [-0.15, -0.1) is 0 Å². The summed E-state index contributed by atoms with van der Waals surface area (Å²) in [6, 6.07) is 4.02. The standard InChI is InChI=1S/C15H25N3O4S/c1-5-10-16-15(19)17-13-11-12(8-9-14(13)22-4)23(20,21)18(6-2)7-3/h8-9,11H,5-7,10H2,1-4H3,(H2,16,17,19). The first-order chi connectivity index (χ1) is 10.9. The quantitative estimate of drug-likeness (QED) is 0.758. The van der Waals surface area contributed by atoms with Crippen LogP contribution in [-0.2, 0) is 10.0 Å². The fraction of sp³-hybridized carbons (Fsp3) is 0.533. The third-order valence-electron chi connectivity index (χ3n) is 3.30. The van der Waals surface area contributed by atoms with Crippen LogP contribution < -0.4 is 15.4 Å². The number of benzene rings is 1. The Hall–Kier alpha value is -1.80. The molecule has 0 heterocycles. The smallest absolute Gasteiger partial charge is 0.319 e. The summed E-state index contributed by atoms with van der Waals surface area (Å²) in [4.78, 5) is 11.9. The van der Waals surface area contributed by atoms with E-state index in [2.05, 4.69) is 10.6 Å². The number of carbonyl (C=O) groups excluding carboxylic acids is 1. The van der Waals surface area contributed by atoms with Crippen molar-refractivity contribution in [3.05, 3.63) is 18.2 Å². The van der Waals surface area contributed by atoms with Crippen molar-refractivity contribution in [1.82, 2.24) is 9.62 Å². The molecule has 0 aromatic heterocycles. The predicted molar refractivity (Wildman–Crippen MR) is 90.4 cm³/mol. The van der Waals surface area contributed by atoms with Gasteiger partial charge in [-0.3, -0.25) is 0 Å². The molecule has 0 aliphatic heterocycles. The maximum Gasteiger partial charge on any atom is 0.319 e. The van der Waals surface area contributed by atoms with Crippen molar-refractivity contribution in [2.24, 2.45) is 0 Å². The highest BCUT2D eigenvalue weighted by Gasteiger charge is 2.23. The van der Waals surface area contributed by atoms with Crippen molar-refractivity contribution in [3.8, 4) is 5.75 Å². The lowest BCUT2D eigenvalue weighted by atomic mass is 10.3. The van der Waals surface area contributed by atoms with Crippen molar-refractivity contribution >= 4 is 21.7 Å². The van der Waals surface area contributed by atoms with E-state index in [0.717, 1.165) is 6.42 Å². The summed E-state index contributed by atoms with van der Waals surface area (Å²) in [5.74, 6) is 0.398. The molecule has 0 fully saturated rings. The lowest BCUT2D eigenvalue weighted by molar-refractivity contribution is 0.252. The SMILES string of the molecule is CCCNC(=O)Nc1cc(S(=O)(=O)N(CC)CC)ccc1OC. The molecule has 0 atom stereocenters. The molecule has 2 amide bonds. The zero-order valence-corrected chi connectivity index (χ0v) is 14.9. The maximum absolute atomic E-state index is 12.6. The van der Waals surface area contributed by atoms with E-state index in [4.69, 9.17) is 4.74 Å². The molecule has 1 aromatic rings. The molecule has 0 aliphatic rings. The number of rotatable bonds is 8. The van der Waals surface area contributed by atoms with E-state index in [1.807, 2.05) is 6.92 Å².